The summed E-state index contributed by atoms with van der Waals surface area (Å²) in [7, 11) is 1.60. The molecule has 13 heteroatoms. The predicted octanol–water partition coefficient (Wildman–Crippen LogP) is 2.78. The van der Waals surface area contributed by atoms with E-state index in [9.17, 15) is 19.2 Å². The number of alkyl carbamates (subject to hydrolysis) is 2. The SMILES string of the molecule is C=CC(=O)OCCNC(=O)OCC(CC)CCCC.C=CC(=O)OCCNC(=O)OCCOCCOCCOC. The van der Waals surface area contributed by atoms with Crippen LogP contribution in [0.3, 0.4) is 0 Å². The first-order chi connectivity index (χ1) is 19.3. The lowest BCUT2D eigenvalue weighted by Gasteiger charge is -2.14. The highest BCUT2D eigenvalue weighted by Crippen LogP contribution is 2.12. The van der Waals surface area contributed by atoms with Gasteiger partial charge in [-0.2, -0.15) is 0 Å². The number of nitrogens with one attached hydrogen (secondary N) is 2. The molecule has 0 fully saturated rings. The monoisotopic (exact) mass is 576 g/mol. The molecule has 0 heterocycles. The summed E-state index contributed by atoms with van der Waals surface area (Å²) in [6, 6.07) is 0. The number of carbonyl (C=O) groups is 4. The molecular formula is C27H48N2O11. The number of hydrogen-bond donors (Lipinski definition) is 2. The molecule has 0 radical (unpaired) electrons. The number of rotatable bonds is 23. The number of carbonyl (C=O) groups excluding carboxylic acids is 4. The molecule has 0 saturated carbocycles. The van der Waals surface area contributed by atoms with E-state index >= 15 is 0 Å². The minimum Gasteiger partial charge on any atom is -0.461 e. The summed E-state index contributed by atoms with van der Waals surface area (Å²) in [6.45, 7) is 14.2. The summed E-state index contributed by atoms with van der Waals surface area (Å²) in [6.07, 6.45) is 5.46. The maximum absolute atomic E-state index is 11.4. The molecule has 0 rings (SSSR count). The van der Waals surface area contributed by atoms with Crippen LogP contribution >= 0.6 is 0 Å². The van der Waals surface area contributed by atoms with Crippen molar-refractivity contribution in [2.24, 2.45) is 5.92 Å². The Morgan fingerprint density at radius 1 is 0.700 bits per heavy atom. The van der Waals surface area contributed by atoms with E-state index in [0.29, 0.717) is 39.0 Å². The van der Waals surface area contributed by atoms with Gasteiger partial charge in [0, 0.05) is 19.3 Å². The molecular weight excluding hydrogens is 528 g/mol. The lowest BCUT2D eigenvalue weighted by Crippen LogP contribution is -2.29. The molecule has 1 unspecified atom stereocenters. The van der Waals surface area contributed by atoms with Crippen LogP contribution in [0, 0.1) is 5.92 Å². The molecule has 0 spiro atoms. The lowest BCUT2D eigenvalue weighted by atomic mass is 10.0. The first kappa shape index (κ1) is 39.0. The highest BCUT2D eigenvalue weighted by Gasteiger charge is 2.09. The van der Waals surface area contributed by atoms with Crippen molar-refractivity contribution in [2.75, 3.05) is 79.7 Å². The molecule has 0 aromatic heterocycles. The maximum Gasteiger partial charge on any atom is 0.407 e. The quantitative estimate of drug-likeness (QED) is 0.0798. The summed E-state index contributed by atoms with van der Waals surface area (Å²) in [4.78, 5) is 44.0. The second-order valence-corrected chi connectivity index (χ2v) is 7.97. The van der Waals surface area contributed by atoms with Gasteiger partial charge < -0.3 is 43.8 Å². The molecule has 2 N–H and O–H groups in total. The van der Waals surface area contributed by atoms with E-state index in [1.54, 1.807) is 7.11 Å². The second-order valence-electron chi connectivity index (χ2n) is 7.97. The van der Waals surface area contributed by atoms with Crippen LogP contribution in [0.4, 0.5) is 9.59 Å². The zero-order chi connectivity index (χ0) is 30.3. The number of hydrogen-bond acceptors (Lipinski definition) is 11. The topological polar surface area (TPSA) is 157 Å². The van der Waals surface area contributed by atoms with Crippen molar-refractivity contribution >= 4 is 24.1 Å². The summed E-state index contributed by atoms with van der Waals surface area (Å²) in [5, 5.41) is 4.95. The fourth-order valence-electron chi connectivity index (χ4n) is 2.58. The molecule has 0 bridgehead atoms. The van der Waals surface area contributed by atoms with E-state index in [1.165, 1.54) is 0 Å². The Kier molecular flexibility index (Phi) is 29.6. The van der Waals surface area contributed by atoms with E-state index < -0.39 is 24.1 Å². The average Bonchev–Trinajstić information content (AvgIpc) is 2.96. The van der Waals surface area contributed by atoms with Crippen LogP contribution in [0.2, 0.25) is 0 Å². The van der Waals surface area contributed by atoms with E-state index in [-0.39, 0.29) is 39.5 Å². The number of amides is 2. The Balaban J connectivity index is 0. The fourth-order valence-corrected chi connectivity index (χ4v) is 2.58. The summed E-state index contributed by atoms with van der Waals surface area (Å²) >= 11 is 0. The average molecular weight is 577 g/mol. The van der Waals surface area contributed by atoms with Crippen LogP contribution in [-0.2, 0) is 42.7 Å². The number of methoxy groups -OCH3 is 1. The summed E-state index contributed by atoms with van der Waals surface area (Å²) < 4.78 is 34.5. The minimum atomic E-state index is -0.593. The molecule has 0 aromatic carbocycles. The zero-order valence-corrected chi connectivity index (χ0v) is 24.2. The molecule has 13 nitrogen and oxygen atoms in total. The first-order valence-corrected chi connectivity index (χ1v) is 13.4. The molecule has 0 saturated heterocycles. The van der Waals surface area contributed by atoms with E-state index in [0.717, 1.165) is 37.8 Å². The van der Waals surface area contributed by atoms with Gasteiger partial charge in [-0.3, -0.25) is 0 Å². The standard InChI is InChI=1S/C14H25NO4.C13H23NO7/c1-4-7-8-12(5-2)11-19-14(17)15-9-10-18-13(16)6-3;1-3-12(15)20-5-4-14-13(16)21-11-10-19-9-8-18-7-6-17-2/h6,12H,3-5,7-11H2,1-2H3,(H,15,17);3H,1,4-11H2,2H3,(H,14,16). The van der Waals surface area contributed by atoms with Crippen molar-refractivity contribution in [1.82, 2.24) is 10.6 Å². The molecule has 0 aliphatic heterocycles. The highest BCUT2D eigenvalue weighted by molar-refractivity contribution is 5.81. The van der Waals surface area contributed by atoms with E-state index in [4.69, 9.17) is 28.4 Å². The van der Waals surface area contributed by atoms with Crippen molar-refractivity contribution in [3.8, 4) is 0 Å². The molecule has 1 atom stereocenters. The normalized spacial score (nSPS) is 10.7. The van der Waals surface area contributed by atoms with Crippen LogP contribution < -0.4 is 10.6 Å². The van der Waals surface area contributed by atoms with Gasteiger partial charge in [0.2, 0.25) is 0 Å². The second kappa shape index (κ2) is 30.4. The summed E-state index contributed by atoms with van der Waals surface area (Å²) in [5.74, 6) is -0.614. The van der Waals surface area contributed by atoms with E-state index in [1.807, 2.05) is 0 Å². The molecule has 2 amide bonds. The minimum absolute atomic E-state index is 0.0647. The molecule has 0 aliphatic rings. The number of ether oxygens (including phenoxy) is 7. The van der Waals surface area contributed by atoms with Crippen LogP contribution in [0.25, 0.3) is 0 Å². The van der Waals surface area contributed by atoms with Gasteiger partial charge in [0.05, 0.1) is 52.7 Å². The smallest absolute Gasteiger partial charge is 0.407 e. The first-order valence-electron chi connectivity index (χ1n) is 13.4. The Bertz CT molecular complexity index is 689. The lowest BCUT2D eigenvalue weighted by molar-refractivity contribution is -0.138. The Morgan fingerprint density at radius 2 is 1.20 bits per heavy atom. The largest absolute Gasteiger partial charge is 0.461 e. The number of esters is 2. The van der Waals surface area contributed by atoms with Gasteiger partial charge in [-0.05, 0) is 12.3 Å². The molecule has 232 valence electrons. The Hall–Kier alpha value is -3.16. The molecule has 0 aromatic rings. The Morgan fingerprint density at radius 3 is 1.68 bits per heavy atom. The molecule has 0 aliphatic carbocycles. The van der Waals surface area contributed by atoms with Gasteiger partial charge in [0.1, 0.15) is 19.8 Å². The van der Waals surface area contributed by atoms with Gasteiger partial charge in [-0.25, -0.2) is 19.2 Å². The van der Waals surface area contributed by atoms with Crippen LogP contribution in [0.15, 0.2) is 25.3 Å². The van der Waals surface area contributed by atoms with Crippen molar-refractivity contribution < 1.29 is 52.3 Å². The van der Waals surface area contributed by atoms with Gasteiger partial charge >= 0.3 is 24.1 Å². The third kappa shape index (κ3) is 29.4. The third-order valence-electron chi connectivity index (χ3n) is 4.82. The van der Waals surface area contributed by atoms with Crippen LogP contribution in [0.5, 0.6) is 0 Å². The van der Waals surface area contributed by atoms with Crippen LogP contribution in [-0.4, -0.2) is 104 Å². The predicted molar refractivity (Wildman–Crippen MR) is 148 cm³/mol. The van der Waals surface area contributed by atoms with Gasteiger partial charge in [0.15, 0.2) is 0 Å². The van der Waals surface area contributed by atoms with Crippen molar-refractivity contribution in [2.45, 2.75) is 39.5 Å². The fraction of sp³-hybridized carbons (Fsp3) is 0.704. The van der Waals surface area contributed by atoms with E-state index in [2.05, 4.69) is 42.4 Å². The molecule has 40 heavy (non-hydrogen) atoms. The highest BCUT2D eigenvalue weighted by atomic mass is 16.6. The van der Waals surface area contributed by atoms with Crippen molar-refractivity contribution in [1.29, 1.82) is 0 Å². The summed E-state index contributed by atoms with van der Waals surface area (Å²) in [5.41, 5.74) is 0. The zero-order valence-electron chi connectivity index (χ0n) is 24.2. The van der Waals surface area contributed by atoms with Crippen LogP contribution in [0.1, 0.15) is 39.5 Å². The Labute approximate surface area is 237 Å². The maximum atomic E-state index is 11.4. The van der Waals surface area contributed by atoms with Gasteiger partial charge in [0.25, 0.3) is 0 Å². The van der Waals surface area contributed by atoms with Crippen molar-refractivity contribution in [3.05, 3.63) is 25.3 Å². The third-order valence-corrected chi connectivity index (χ3v) is 4.82. The van der Waals surface area contributed by atoms with Gasteiger partial charge in [-0.1, -0.05) is 46.3 Å². The van der Waals surface area contributed by atoms with Gasteiger partial charge in [-0.15, -0.1) is 0 Å². The number of unbranched alkanes of at least 4 members (excludes halogenated alkanes) is 1. The van der Waals surface area contributed by atoms with Crippen molar-refractivity contribution in [3.63, 3.8) is 0 Å².